The lowest BCUT2D eigenvalue weighted by Gasteiger charge is -2.14. The maximum absolute atomic E-state index is 12.3. The third-order valence-electron chi connectivity index (χ3n) is 2.51. The molecule has 0 saturated heterocycles. The van der Waals surface area contributed by atoms with Crippen LogP contribution in [0.5, 0.6) is 11.5 Å². The maximum Gasteiger partial charge on any atom is 0.573 e. The van der Waals surface area contributed by atoms with Gasteiger partial charge in [-0.15, -0.1) is 13.2 Å². The second kappa shape index (κ2) is 5.73. The highest BCUT2D eigenvalue weighted by atomic mass is 19.4. The Labute approximate surface area is 113 Å². The molecule has 0 aromatic heterocycles. The van der Waals surface area contributed by atoms with Crippen molar-refractivity contribution < 1.29 is 22.6 Å². The summed E-state index contributed by atoms with van der Waals surface area (Å²) in [6.45, 7) is 0.0604. The summed E-state index contributed by atoms with van der Waals surface area (Å²) in [7, 11) is 0. The molecule has 0 saturated carbocycles. The Kier molecular flexibility index (Phi) is 4.02. The third-order valence-corrected chi connectivity index (χ3v) is 2.51. The molecular formula is C14H12F3NO2. The summed E-state index contributed by atoms with van der Waals surface area (Å²) < 4.78 is 46.0. The van der Waals surface area contributed by atoms with E-state index < -0.39 is 6.36 Å². The van der Waals surface area contributed by atoms with Crippen LogP contribution in [0.3, 0.4) is 0 Å². The summed E-state index contributed by atoms with van der Waals surface area (Å²) >= 11 is 0. The molecular weight excluding hydrogens is 271 g/mol. The first-order chi connectivity index (χ1) is 9.46. The van der Waals surface area contributed by atoms with Crippen molar-refractivity contribution in [2.45, 2.75) is 13.0 Å². The zero-order valence-corrected chi connectivity index (χ0v) is 10.4. The fourth-order valence-corrected chi connectivity index (χ4v) is 1.60. The molecule has 2 rings (SSSR count). The van der Waals surface area contributed by atoms with Gasteiger partial charge >= 0.3 is 6.36 Å². The van der Waals surface area contributed by atoms with E-state index in [9.17, 15) is 13.2 Å². The van der Waals surface area contributed by atoms with Gasteiger partial charge in [0.05, 0.1) is 0 Å². The van der Waals surface area contributed by atoms with E-state index in [1.165, 1.54) is 18.2 Å². The lowest BCUT2D eigenvalue weighted by molar-refractivity contribution is -0.275. The molecule has 0 atom stereocenters. The Bertz CT molecular complexity index is 585. The van der Waals surface area contributed by atoms with Crippen LogP contribution in [0.2, 0.25) is 0 Å². The largest absolute Gasteiger partial charge is 0.573 e. The van der Waals surface area contributed by atoms with Gasteiger partial charge < -0.3 is 15.2 Å². The minimum absolute atomic E-state index is 0.00748. The molecule has 20 heavy (non-hydrogen) atoms. The zero-order valence-electron chi connectivity index (χ0n) is 10.4. The van der Waals surface area contributed by atoms with Gasteiger partial charge in [0.2, 0.25) is 0 Å². The number of halogens is 3. The van der Waals surface area contributed by atoms with Crippen molar-refractivity contribution in [2.75, 3.05) is 5.73 Å². The monoisotopic (exact) mass is 283 g/mol. The summed E-state index contributed by atoms with van der Waals surface area (Å²) in [5, 5.41) is 0. The number of alkyl halides is 3. The Morgan fingerprint density at radius 3 is 2.15 bits per heavy atom. The molecule has 2 aromatic rings. The first-order valence-electron chi connectivity index (χ1n) is 5.76. The Morgan fingerprint density at radius 1 is 0.900 bits per heavy atom. The second-order valence-electron chi connectivity index (χ2n) is 3.98. The first kappa shape index (κ1) is 14.0. The van der Waals surface area contributed by atoms with Crippen molar-refractivity contribution in [1.82, 2.24) is 0 Å². The number of para-hydroxylation sites is 3. The van der Waals surface area contributed by atoms with Crippen LogP contribution in [-0.4, -0.2) is 6.36 Å². The number of nitrogen functional groups attached to an aromatic ring is 1. The highest BCUT2D eigenvalue weighted by molar-refractivity contribution is 5.46. The third kappa shape index (κ3) is 3.81. The summed E-state index contributed by atoms with van der Waals surface area (Å²) in [6, 6.07) is 12.6. The van der Waals surface area contributed by atoms with Crippen molar-refractivity contribution in [3.05, 3.63) is 54.1 Å². The predicted octanol–water partition coefficient (Wildman–Crippen LogP) is 3.75. The van der Waals surface area contributed by atoms with E-state index in [-0.39, 0.29) is 18.1 Å². The van der Waals surface area contributed by atoms with E-state index in [1.807, 2.05) is 0 Å². The molecule has 0 aliphatic rings. The number of rotatable bonds is 4. The maximum atomic E-state index is 12.3. The molecule has 0 spiro atoms. The van der Waals surface area contributed by atoms with E-state index >= 15 is 0 Å². The fourth-order valence-electron chi connectivity index (χ4n) is 1.60. The van der Waals surface area contributed by atoms with E-state index in [4.69, 9.17) is 10.5 Å². The van der Waals surface area contributed by atoms with Crippen LogP contribution in [0.1, 0.15) is 5.56 Å². The Hall–Kier alpha value is -2.37. The van der Waals surface area contributed by atoms with Gasteiger partial charge in [0.15, 0.2) is 11.5 Å². The number of hydrogen-bond acceptors (Lipinski definition) is 3. The fraction of sp³-hybridized carbons (Fsp3) is 0.143. The van der Waals surface area contributed by atoms with Gasteiger partial charge in [0.25, 0.3) is 0 Å². The molecule has 0 heterocycles. The van der Waals surface area contributed by atoms with Gasteiger partial charge in [0.1, 0.15) is 6.61 Å². The number of nitrogens with two attached hydrogens (primary N) is 1. The van der Waals surface area contributed by atoms with Crippen molar-refractivity contribution in [3.63, 3.8) is 0 Å². The van der Waals surface area contributed by atoms with Crippen LogP contribution >= 0.6 is 0 Å². The zero-order chi connectivity index (χ0) is 14.6. The Balaban J connectivity index is 2.12. The van der Waals surface area contributed by atoms with Crippen molar-refractivity contribution in [1.29, 1.82) is 0 Å². The molecule has 3 nitrogen and oxygen atoms in total. The molecule has 0 amide bonds. The van der Waals surface area contributed by atoms with E-state index in [1.54, 1.807) is 30.3 Å². The highest BCUT2D eigenvalue weighted by Crippen LogP contribution is 2.32. The van der Waals surface area contributed by atoms with Crippen LogP contribution in [0.15, 0.2) is 48.5 Å². The number of ether oxygens (including phenoxy) is 2. The van der Waals surface area contributed by atoms with E-state index in [0.717, 1.165) is 0 Å². The molecule has 0 aliphatic heterocycles. The summed E-state index contributed by atoms with van der Waals surface area (Å²) in [5.74, 6) is -0.373. The standard InChI is InChI=1S/C14H12F3NO2/c15-14(16,17)20-13-8-4-3-7-12(13)19-9-10-5-1-2-6-11(10)18/h1-8H,9,18H2. The Morgan fingerprint density at radius 2 is 1.50 bits per heavy atom. The molecule has 0 fully saturated rings. The second-order valence-corrected chi connectivity index (χ2v) is 3.98. The lowest BCUT2D eigenvalue weighted by atomic mass is 10.2. The topological polar surface area (TPSA) is 44.5 Å². The van der Waals surface area contributed by atoms with Crippen LogP contribution in [-0.2, 0) is 6.61 Å². The van der Waals surface area contributed by atoms with Crippen molar-refractivity contribution in [2.24, 2.45) is 0 Å². The summed E-state index contributed by atoms with van der Waals surface area (Å²) in [6.07, 6.45) is -4.76. The molecule has 106 valence electrons. The molecule has 0 aliphatic carbocycles. The van der Waals surface area contributed by atoms with E-state index in [2.05, 4.69) is 4.74 Å². The van der Waals surface area contributed by atoms with Crippen LogP contribution in [0.25, 0.3) is 0 Å². The van der Waals surface area contributed by atoms with Gasteiger partial charge in [-0.2, -0.15) is 0 Å². The van der Waals surface area contributed by atoms with Crippen LogP contribution in [0.4, 0.5) is 18.9 Å². The highest BCUT2D eigenvalue weighted by Gasteiger charge is 2.32. The van der Waals surface area contributed by atoms with Crippen LogP contribution < -0.4 is 15.2 Å². The molecule has 2 aromatic carbocycles. The summed E-state index contributed by atoms with van der Waals surface area (Å²) in [4.78, 5) is 0. The average Bonchev–Trinajstić information content (AvgIpc) is 2.37. The minimum atomic E-state index is -4.76. The van der Waals surface area contributed by atoms with Gasteiger partial charge in [0, 0.05) is 11.3 Å². The van der Waals surface area contributed by atoms with E-state index in [0.29, 0.717) is 11.3 Å². The number of benzene rings is 2. The predicted molar refractivity (Wildman–Crippen MR) is 68.3 cm³/mol. The number of anilines is 1. The molecule has 0 radical (unpaired) electrons. The van der Waals surface area contributed by atoms with Gasteiger partial charge in [-0.1, -0.05) is 30.3 Å². The van der Waals surface area contributed by atoms with Crippen molar-refractivity contribution in [3.8, 4) is 11.5 Å². The van der Waals surface area contributed by atoms with Gasteiger partial charge in [-0.05, 0) is 18.2 Å². The normalized spacial score (nSPS) is 11.2. The SMILES string of the molecule is Nc1ccccc1COc1ccccc1OC(F)(F)F. The molecule has 0 bridgehead atoms. The number of hydrogen-bond donors (Lipinski definition) is 1. The van der Waals surface area contributed by atoms with Gasteiger partial charge in [-0.25, -0.2) is 0 Å². The average molecular weight is 283 g/mol. The lowest BCUT2D eigenvalue weighted by Crippen LogP contribution is -2.17. The molecule has 2 N–H and O–H groups in total. The molecule has 6 heteroatoms. The molecule has 0 unspecified atom stereocenters. The first-order valence-corrected chi connectivity index (χ1v) is 5.76. The van der Waals surface area contributed by atoms with Crippen molar-refractivity contribution >= 4 is 5.69 Å². The minimum Gasteiger partial charge on any atom is -0.485 e. The quantitative estimate of drug-likeness (QED) is 0.869. The van der Waals surface area contributed by atoms with Gasteiger partial charge in [-0.3, -0.25) is 0 Å². The van der Waals surface area contributed by atoms with Crippen LogP contribution in [0, 0.1) is 0 Å². The smallest absolute Gasteiger partial charge is 0.485 e. The summed E-state index contributed by atoms with van der Waals surface area (Å²) in [5.41, 5.74) is 6.94.